The third-order valence-corrected chi connectivity index (χ3v) is 6.22. The van der Waals surface area contributed by atoms with Crippen LogP contribution in [0.1, 0.15) is 19.4 Å². The molecule has 0 radical (unpaired) electrons. The number of anilines is 2. The molecule has 7 heteroatoms. The van der Waals surface area contributed by atoms with E-state index in [1.165, 1.54) is 0 Å². The first-order chi connectivity index (χ1) is 17.1. The highest BCUT2D eigenvalue weighted by Crippen LogP contribution is 2.35. The Kier molecular flexibility index (Phi) is 6.13. The molecule has 2 N–H and O–H groups in total. The Hall–Kier alpha value is -4.28. The van der Waals surface area contributed by atoms with Gasteiger partial charge in [-0.15, -0.1) is 0 Å². The Balaban J connectivity index is 1.75. The quantitative estimate of drug-likeness (QED) is 0.226. The molecule has 0 unspecified atom stereocenters. The molecule has 2 aromatic carbocycles. The van der Waals surface area contributed by atoms with Crippen LogP contribution in [0.2, 0.25) is 0 Å². The second kappa shape index (κ2) is 9.53. The van der Waals surface area contributed by atoms with E-state index in [2.05, 4.69) is 35.9 Å². The van der Waals surface area contributed by atoms with Gasteiger partial charge >= 0.3 is 0 Å². The van der Waals surface area contributed by atoms with Crippen LogP contribution >= 0.6 is 0 Å². The molecule has 3 aromatic rings. The molecule has 1 aliphatic carbocycles. The van der Waals surface area contributed by atoms with Gasteiger partial charge in [-0.05, 0) is 38.1 Å². The molecule has 0 spiro atoms. The number of pyridine rings is 1. The highest BCUT2D eigenvalue weighted by atomic mass is 16.3. The van der Waals surface area contributed by atoms with E-state index in [-0.39, 0.29) is 6.61 Å². The number of rotatable bonds is 6. The van der Waals surface area contributed by atoms with Crippen molar-refractivity contribution in [2.24, 2.45) is 0 Å². The number of nitrogens with zero attached hydrogens (tertiary/aromatic N) is 4. The van der Waals surface area contributed by atoms with Crippen LogP contribution in [0.25, 0.3) is 33.3 Å². The second-order valence-electron chi connectivity index (χ2n) is 8.36. The third kappa shape index (κ3) is 4.32. The minimum absolute atomic E-state index is 0.0612. The fourth-order valence-electron chi connectivity index (χ4n) is 4.46. The van der Waals surface area contributed by atoms with Gasteiger partial charge in [-0.1, -0.05) is 6.07 Å². The van der Waals surface area contributed by atoms with E-state index < -0.39 is 0 Å². The summed E-state index contributed by atoms with van der Waals surface area (Å²) in [4.78, 5) is 4.95. The van der Waals surface area contributed by atoms with Crippen LogP contribution in [0, 0.1) is 11.3 Å². The minimum atomic E-state index is 0.0612. The summed E-state index contributed by atoms with van der Waals surface area (Å²) in [5.41, 5.74) is 4.45. The number of aliphatic hydroxyl groups excluding tert-OH is 1. The fraction of sp³-hybridized carbons (Fsp3) is 0.214. The van der Waals surface area contributed by atoms with Crippen LogP contribution in [0.5, 0.6) is 0 Å². The van der Waals surface area contributed by atoms with Crippen molar-refractivity contribution in [1.29, 1.82) is 5.26 Å². The molecule has 2 heterocycles. The number of hydrogen-bond acceptors (Lipinski definition) is 5. The number of hydrogen-bond donors (Lipinski definition) is 2. The Morgan fingerprint density at radius 2 is 1.94 bits per heavy atom. The molecule has 2 aliphatic rings. The summed E-state index contributed by atoms with van der Waals surface area (Å²) in [6.07, 6.45) is 3.85. The molecule has 1 aliphatic heterocycles. The second-order valence-corrected chi connectivity index (χ2v) is 8.36. The van der Waals surface area contributed by atoms with Gasteiger partial charge in [0.25, 0.3) is 0 Å². The number of nitrogens with one attached hydrogen (secondary N) is 1. The smallest absolute Gasteiger partial charge is 0.203 e. The largest absolute Gasteiger partial charge is 0.452 e. The molecule has 0 amide bonds. The molecular formula is C28H27N5O2+2. The standard InChI is InChI=1S/C28H26N5O2/c1-3-33(4-2)21-8-10-24-26(15-21)35-27-16-25(30-20-6-5-11-32(18-20)12-13-34)23-14-19(17-29)7-9-22(23)28(27)31-24/h5-11,14-16,18,34H,3-4,12-13H2,1-2H3/q+1/p+1. The fourth-order valence-corrected chi connectivity index (χ4v) is 4.46. The summed E-state index contributed by atoms with van der Waals surface area (Å²) in [5.74, 6) is 0.723. The van der Waals surface area contributed by atoms with Crippen LogP contribution in [0.3, 0.4) is 0 Å². The molecule has 0 atom stereocenters. The summed E-state index contributed by atoms with van der Waals surface area (Å²) in [7, 11) is 0. The van der Waals surface area contributed by atoms with Gasteiger partial charge in [0, 0.05) is 29.0 Å². The zero-order chi connectivity index (χ0) is 24.4. The SMILES string of the molecule is CC[N+](CC)=c1ccc2nc3c(cc(Nc4ccc[n+](CCO)c4)c4cc(C#N)ccc43)oc-2c1. The van der Waals surface area contributed by atoms with E-state index in [4.69, 9.17) is 9.40 Å². The van der Waals surface area contributed by atoms with E-state index in [1.807, 2.05) is 59.4 Å². The highest BCUT2D eigenvalue weighted by molar-refractivity contribution is 6.11. The van der Waals surface area contributed by atoms with E-state index in [0.29, 0.717) is 17.7 Å². The summed E-state index contributed by atoms with van der Waals surface area (Å²) in [6.45, 7) is 6.67. The van der Waals surface area contributed by atoms with Crippen LogP contribution in [-0.2, 0) is 6.54 Å². The van der Waals surface area contributed by atoms with E-state index in [1.54, 1.807) is 6.07 Å². The molecule has 7 nitrogen and oxygen atoms in total. The lowest BCUT2D eigenvalue weighted by molar-refractivity contribution is -0.697. The Morgan fingerprint density at radius 3 is 2.71 bits per heavy atom. The van der Waals surface area contributed by atoms with Crippen molar-refractivity contribution in [1.82, 2.24) is 9.56 Å². The van der Waals surface area contributed by atoms with Crippen molar-refractivity contribution in [3.63, 3.8) is 0 Å². The Morgan fingerprint density at radius 1 is 1.09 bits per heavy atom. The lowest BCUT2D eigenvalue weighted by Gasteiger charge is -2.13. The average molecular weight is 466 g/mol. The highest BCUT2D eigenvalue weighted by Gasteiger charge is 2.16. The number of aliphatic hydroxyl groups is 1. The van der Waals surface area contributed by atoms with Gasteiger partial charge in [-0.2, -0.15) is 5.26 Å². The van der Waals surface area contributed by atoms with Crippen LogP contribution in [-0.4, -0.2) is 29.8 Å². The van der Waals surface area contributed by atoms with E-state index in [0.717, 1.165) is 57.6 Å². The monoisotopic (exact) mass is 465 g/mol. The minimum Gasteiger partial charge on any atom is -0.452 e. The Bertz CT molecular complexity index is 1620. The van der Waals surface area contributed by atoms with Crippen molar-refractivity contribution in [3.8, 4) is 17.5 Å². The Labute approximate surface area is 203 Å². The molecule has 0 bridgehead atoms. The molecule has 0 saturated carbocycles. The van der Waals surface area contributed by atoms with Crippen molar-refractivity contribution >= 4 is 33.2 Å². The van der Waals surface area contributed by atoms with Crippen LogP contribution in [0.4, 0.5) is 11.4 Å². The summed E-state index contributed by atoms with van der Waals surface area (Å²) < 4.78 is 10.6. The maximum atomic E-state index is 9.50. The van der Waals surface area contributed by atoms with Gasteiger partial charge in [0.15, 0.2) is 30.3 Å². The number of fused-ring (bicyclic) bond motifs is 4. The van der Waals surface area contributed by atoms with Crippen molar-refractivity contribution in [2.45, 2.75) is 20.4 Å². The zero-order valence-corrected chi connectivity index (χ0v) is 19.8. The molecular weight excluding hydrogens is 438 g/mol. The van der Waals surface area contributed by atoms with Crippen molar-refractivity contribution < 1.29 is 14.1 Å². The predicted molar refractivity (Wildman–Crippen MR) is 136 cm³/mol. The summed E-state index contributed by atoms with van der Waals surface area (Å²) in [5, 5.41) is 25.2. The molecule has 174 valence electrons. The topological polar surface area (TPSA) is 89.0 Å². The van der Waals surface area contributed by atoms with Crippen molar-refractivity contribution in [2.75, 3.05) is 25.0 Å². The summed E-state index contributed by atoms with van der Waals surface area (Å²) >= 11 is 0. The van der Waals surface area contributed by atoms with Gasteiger partial charge in [-0.3, -0.25) is 0 Å². The van der Waals surface area contributed by atoms with Crippen LogP contribution < -0.4 is 19.8 Å². The van der Waals surface area contributed by atoms with Gasteiger partial charge in [-0.25, -0.2) is 14.1 Å². The molecule has 5 rings (SSSR count). The van der Waals surface area contributed by atoms with Crippen molar-refractivity contribution in [3.05, 3.63) is 77.9 Å². The molecule has 35 heavy (non-hydrogen) atoms. The lowest BCUT2D eigenvalue weighted by atomic mass is 10.0. The first-order valence-corrected chi connectivity index (χ1v) is 11.8. The van der Waals surface area contributed by atoms with E-state index >= 15 is 0 Å². The lowest BCUT2D eigenvalue weighted by Crippen LogP contribution is -2.34. The van der Waals surface area contributed by atoms with Gasteiger partial charge in [0.1, 0.15) is 36.6 Å². The average Bonchev–Trinajstić information content (AvgIpc) is 2.88. The maximum absolute atomic E-state index is 9.50. The number of nitriles is 1. The number of aromatic nitrogens is 2. The molecule has 0 saturated heterocycles. The van der Waals surface area contributed by atoms with Crippen LogP contribution in [0.15, 0.2) is 71.4 Å². The van der Waals surface area contributed by atoms with Gasteiger partial charge in [0.05, 0.1) is 23.4 Å². The maximum Gasteiger partial charge on any atom is 0.203 e. The summed E-state index contributed by atoms with van der Waals surface area (Å²) in [6, 6.07) is 19.8. The first kappa shape index (κ1) is 22.5. The molecule has 0 fully saturated rings. The zero-order valence-electron chi connectivity index (χ0n) is 19.8. The van der Waals surface area contributed by atoms with Gasteiger partial charge in [0.2, 0.25) is 5.36 Å². The molecule has 1 aromatic heterocycles. The number of benzene rings is 3. The van der Waals surface area contributed by atoms with Gasteiger partial charge < -0.3 is 14.8 Å². The normalized spacial score (nSPS) is 11.1. The first-order valence-electron chi connectivity index (χ1n) is 11.8. The van der Waals surface area contributed by atoms with E-state index in [9.17, 15) is 10.4 Å². The third-order valence-electron chi connectivity index (χ3n) is 6.22. The predicted octanol–water partition coefficient (Wildman–Crippen LogP) is 3.79.